The molecule has 44 heavy (non-hydrogen) atoms. The van der Waals surface area contributed by atoms with Gasteiger partial charge in [-0.2, -0.15) is 0 Å². The first kappa shape index (κ1) is 31.0. The van der Waals surface area contributed by atoms with E-state index in [1.807, 2.05) is 36.1 Å². The molecule has 0 spiro atoms. The molecule has 1 fully saturated rings. The number of anilines is 2. The zero-order chi connectivity index (χ0) is 31.1. The number of urea groups is 1. The highest BCUT2D eigenvalue weighted by molar-refractivity contribution is 7.92. The van der Waals surface area contributed by atoms with Gasteiger partial charge in [-0.3, -0.25) is 9.62 Å². The summed E-state index contributed by atoms with van der Waals surface area (Å²) in [5.74, 6) is 0.956. The van der Waals surface area contributed by atoms with Gasteiger partial charge < -0.3 is 15.0 Å². The third kappa shape index (κ3) is 9.05. The lowest BCUT2D eigenvalue weighted by molar-refractivity contribution is 0.120. The first-order valence-electron chi connectivity index (χ1n) is 14.6. The summed E-state index contributed by atoms with van der Waals surface area (Å²) in [5, 5.41) is 2.95. The molecule has 0 bridgehead atoms. The Morgan fingerprint density at radius 3 is 1.98 bits per heavy atom. The van der Waals surface area contributed by atoms with Crippen molar-refractivity contribution in [2.45, 2.75) is 38.9 Å². The number of likely N-dealkylation sites (tertiary alicyclic amines) is 1. The van der Waals surface area contributed by atoms with Gasteiger partial charge in [0.25, 0.3) is 0 Å². The van der Waals surface area contributed by atoms with Gasteiger partial charge in [0.1, 0.15) is 17.3 Å². The molecule has 1 saturated heterocycles. The van der Waals surface area contributed by atoms with Gasteiger partial charge >= 0.3 is 6.03 Å². The second kappa shape index (κ2) is 13.9. The van der Waals surface area contributed by atoms with E-state index in [2.05, 4.69) is 39.2 Å². The quantitative estimate of drug-likeness (QED) is 0.200. The minimum absolute atomic E-state index is 0.0720. The predicted octanol–water partition coefficient (Wildman–Crippen LogP) is 7.00. The van der Waals surface area contributed by atoms with Gasteiger partial charge in [0.05, 0.1) is 6.26 Å². The molecule has 2 N–H and O–H groups in total. The van der Waals surface area contributed by atoms with E-state index in [9.17, 15) is 17.6 Å². The van der Waals surface area contributed by atoms with Gasteiger partial charge in [0.15, 0.2) is 0 Å². The van der Waals surface area contributed by atoms with Crippen molar-refractivity contribution in [3.63, 3.8) is 0 Å². The van der Waals surface area contributed by atoms with Crippen molar-refractivity contribution in [3.05, 3.63) is 120 Å². The van der Waals surface area contributed by atoms with E-state index < -0.39 is 10.0 Å². The molecule has 10 heteroatoms. The molecular weight excluding hydrogens is 579 g/mol. The molecule has 4 aromatic carbocycles. The number of nitrogens with zero attached hydrogens (tertiary/aromatic N) is 2. The van der Waals surface area contributed by atoms with Crippen molar-refractivity contribution in [3.8, 4) is 11.5 Å². The lowest BCUT2D eigenvalue weighted by Gasteiger charge is -2.38. The maximum absolute atomic E-state index is 13.4. The second-order valence-corrected chi connectivity index (χ2v) is 13.0. The molecule has 8 nitrogen and oxygen atoms in total. The topological polar surface area (TPSA) is 91.0 Å². The summed E-state index contributed by atoms with van der Waals surface area (Å²) >= 11 is 0. The summed E-state index contributed by atoms with van der Waals surface area (Å²) in [5.41, 5.74) is 4.44. The standard InChI is InChI=1S/C34H37FN4O4S/c1-25-3-5-27(6-4-25)24-39(34(40)36-29-11-9-28(35)10-12-29)31-19-21-38(22-20-31)23-26-7-15-32(16-8-26)43-33-17-13-30(14-18-33)37-44(2,41)42/h3-18,31,37H,19-24H2,1-2H3,(H,36,40). The highest BCUT2D eigenvalue weighted by Crippen LogP contribution is 2.26. The van der Waals surface area contributed by atoms with Crippen LogP contribution in [0.1, 0.15) is 29.5 Å². The fourth-order valence-corrected chi connectivity index (χ4v) is 5.80. The summed E-state index contributed by atoms with van der Waals surface area (Å²) < 4.78 is 44.5. The minimum Gasteiger partial charge on any atom is -0.457 e. The van der Waals surface area contributed by atoms with Crippen LogP contribution < -0.4 is 14.8 Å². The molecule has 0 radical (unpaired) electrons. The Morgan fingerprint density at radius 1 is 0.841 bits per heavy atom. The number of amides is 2. The Kier molecular flexibility index (Phi) is 9.82. The molecule has 1 aliphatic rings. The smallest absolute Gasteiger partial charge is 0.322 e. The van der Waals surface area contributed by atoms with Crippen LogP contribution in [0.4, 0.5) is 20.6 Å². The van der Waals surface area contributed by atoms with Crippen LogP contribution in [-0.2, 0) is 23.1 Å². The van der Waals surface area contributed by atoms with E-state index >= 15 is 0 Å². The van der Waals surface area contributed by atoms with Crippen LogP contribution in [0.2, 0.25) is 0 Å². The van der Waals surface area contributed by atoms with Crippen molar-refractivity contribution in [1.29, 1.82) is 0 Å². The van der Waals surface area contributed by atoms with Gasteiger partial charge in [-0.15, -0.1) is 0 Å². The van der Waals surface area contributed by atoms with Gasteiger partial charge in [0, 0.05) is 43.6 Å². The Labute approximate surface area is 258 Å². The van der Waals surface area contributed by atoms with E-state index in [1.165, 1.54) is 17.7 Å². The number of ether oxygens (including phenoxy) is 1. The Bertz CT molecular complexity index is 1640. The molecule has 1 aliphatic heterocycles. The molecule has 230 valence electrons. The van der Waals surface area contributed by atoms with Crippen LogP contribution in [0.15, 0.2) is 97.1 Å². The third-order valence-electron chi connectivity index (χ3n) is 7.55. The van der Waals surface area contributed by atoms with Crippen molar-refractivity contribution in [1.82, 2.24) is 9.80 Å². The minimum atomic E-state index is -3.33. The maximum Gasteiger partial charge on any atom is 0.322 e. The first-order valence-corrected chi connectivity index (χ1v) is 16.4. The van der Waals surface area contributed by atoms with Crippen LogP contribution in [0.25, 0.3) is 0 Å². The summed E-state index contributed by atoms with van der Waals surface area (Å²) in [6, 6.07) is 28.6. The van der Waals surface area contributed by atoms with Crippen molar-refractivity contribution in [2.24, 2.45) is 0 Å². The molecule has 2 amide bonds. The number of carbonyl (C=O) groups excluding carboxylic acids is 1. The number of nitrogens with one attached hydrogen (secondary N) is 2. The average molecular weight is 617 g/mol. The monoisotopic (exact) mass is 616 g/mol. The fraction of sp³-hybridized carbons (Fsp3) is 0.265. The number of rotatable bonds is 10. The van der Waals surface area contributed by atoms with Crippen LogP contribution in [0.5, 0.6) is 11.5 Å². The molecule has 0 aromatic heterocycles. The fourth-order valence-electron chi connectivity index (χ4n) is 5.24. The molecule has 0 atom stereocenters. The van der Waals surface area contributed by atoms with Crippen molar-refractivity contribution >= 4 is 27.4 Å². The number of halogens is 1. The van der Waals surface area contributed by atoms with Gasteiger partial charge in [0.2, 0.25) is 10.0 Å². The zero-order valence-electron chi connectivity index (χ0n) is 24.9. The first-order chi connectivity index (χ1) is 21.1. The van der Waals surface area contributed by atoms with Gasteiger partial charge in [-0.05, 0) is 91.6 Å². The molecule has 0 aliphatic carbocycles. The lowest BCUT2D eigenvalue weighted by atomic mass is 10.0. The highest BCUT2D eigenvalue weighted by Gasteiger charge is 2.28. The highest BCUT2D eigenvalue weighted by atomic mass is 32.2. The SMILES string of the molecule is Cc1ccc(CN(C(=O)Nc2ccc(F)cc2)C2CCN(Cc3ccc(Oc4ccc(NS(C)(=O)=O)cc4)cc3)CC2)cc1. The predicted molar refractivity (Wildman–Crippen MR) is 172 cm³/mol. The van der Waals surface area contributed by atoms with Crippen LogP contribution >= 0.6 is 0 Å². The summed E-state index contributed by atoms with van der Waals surface area (Å²) in [7, 11) is -3.33. The van der Waals surface area contributed by atoms with Crippen molar-refractivity contribution < 1.29 is 22.3 Å². The molecular formula is C34H37FN4O4S. The molecule has 0 unspecified atom stereocenters. The summed E-state index contributed by atoms with van der Waals surface area (Å²) in [6.45, 7) is 5.03. The molecule has 0 saturated carbocycles. The van der Waals surface area contributed by atoms with Gasteiger partial charge in [-0.1, -0.05) is 42.0 Å². The van der Waals surface area contributed by atoms with E-state index in [-0.39, 0.29) is 17.9 Å². The van der Waals surface area contributed by atoms with Crippen LogP contribution in [-0.4, -0.2) is 49.6 Å². The number of aryl methyl sites for hydroxylation is 1. The van der Waals surface area contributed by atoms with Crippen LogP contribution in [0.3, 0.4) is 0 Å². The summed E-state index contributed by atoms with van der Waals surface area (Å²) in [6.07, 6.45) is 2.79. The second-order valence-electron chi connectivity index (χ2n) is 11.2. The number of benzene rings is 4. The zero-order valence-corrected chi connectivity index (χ0v) is 25.7. The van der Waals surface area contributed by atoms with E-state index in [1.54, 1.807) is 36.4 Å². The number of carbonyl (C=O) groups is 1. The number of hydrogen-bond acceptors (Lipinski definition) is 5. The molecule has 4 aromatic rings. The Morgan fingerprint density at radius 2 is 1.39 bits per heavy atom. The number of hydrogen-bond donors (Lipinski definition) is 2. The van der Waals surface area contributed by atoms with E-state index in [4.69, 9.17) is 4.74 Å². The third-order valence-corrected chi connectivity index (χ3v) is 8.16. The average Bonchev–Trinajstić information content (AvgIpc) is 3.00. The normalized spacial score (nSPS) is 14.2. The summed E-state index contributed by atoms with van der Waals surface area (Å²) in [4.78, 5) is 17.7. The molecule has 5 rings (SSSR count). The Hall–Kier alpha value is -4.41. The Balaban J connectivity index is 1.16. The van der Waals surface area contributed by atoms with E-state index in [0.29, 0.717) is 29.4 Å². The number of piperidine rings is 1. The van der Waals surface area contributed by atoms with Gasteiger partial charge in [-0.25, -0.2) is 17.6 Å². The molecule has 1 heterocycles. The van der Waals surface area contributed by atoms with Crippen molar-refractivity contribution in [2.75, 3.05) is 29.4 Å². The van der Waals surface area contributed by atoms with E-state index in [0.717, 1.165) is 49.9 Å². The lowest BCUT2D eigenvalue weighted by Crippen LogP contribution is -2.48. The van der Waals surface area contributed by atoms with Crippen LogP contribution in [0, 0.1) is 12.7 Å². The number of sulfonamides is 1. The maximum atomic E-state index is 13.4. The largest absolute Gasteiger partial charge is 0.457 e.